The summed E-state index contributed by atoms with van der Waals surface area (Å²) in [7, 11) is 0. The number of aromatic carboxylic acids is 1. The number of anilines is 1. The fraction of sp³-hybridized carbons (Fsp3) is 0.133. The van der Waals surface area contributed by atoms with Gasteiger partial charge < -0.3 is 15.2 Å². The summed E-state index contributed by atoms with van der Waals surface area (Å²) in [6.45, 7) is 1.78. The van der Waals surface area contributed by atoms with Crippen molar-refractivity contribution in [1.29, 1.82) is 0 Å². The lowest BCUT2D eigenvalue weighted by Crippen LogP contribution is -2.20. The number of pyridine rings is 1. The first-order valence-corrected chi connectivity index (χ1v) is 6.23. The van der Waals surface area contributed by atoms with E-state index in [4.69, 9.17) is 9.84 Å². The van der Waals surface area contributed by atoms with Crippen LogP contribution in [0.3, 0.4) is 0 Å². The molecule has 0 spiro atoms. The molecule has 0 aliphatic carbocycles. The normalized spacial score (nSPS) is 9.95. The van der Waals surface area contributed by atoms with Gasteiger partial charge in [-0.2, -0.15) is 0 Å². The van der Waals surface area contributed by atoms with E-state index >= 15 is 0 Å². The van der Waals surface area contributed by atoms with Crippen LogP contribution < -0.4 is 10.1 Å². The molecule has 1 heterocycles. The van der Waals surface area contributed by atoms with Crippen molar-refractivity contribution in [2.75, 3.05) is 11.9 Å². The topological polar surface area (TPSA) is 88.5 Å². The molecule has 1 amide bonds. The van der Waals surface area contributed by atoms with E-state index in [2.05, 4.69) is 10.3 Å². The zero-order valence-corrected chi connectivity index (χ0v) is 11.4. The molecule has 0 unspecified atom stereocenters. The van der Waals surface area contributed by atoms with Crippen molar-refractivity contribution in [3.8, 4) is 5.75 Å². The maximum absolute atomic E-state index is 11.7. The number of hydrogen-bond donors (Lipinski definition) is 2. The molecule has 0 fully saturated rings. The Morgan fingerprint density at radius 1 is 1.19 bits per heavy atom. The smallest absolute Gasteiger partial charge is 0.354 e. The van der Waals surface area contributed by atoms with E-state index < -0.39 is 5.97 Å². The van der Waals surface area contributed by atoms with Gasteiger partial charge in [-0.05, 0) is 31.2 Å². The maximum atomic E-state index is 11.7. The Hall–Kier alpha value is -2.89. The monoisotopic (exact) mass is 286 g/mol. The molecule has 6 nitrogen and oxygen atoms in total. The lowest BCUT2D eigenvalue weighted by molar-refractivity contribution is -0.118. The van der Waals surface area contributed by atoms with Crippen LogP contribution in [0, 0.1) is 6.92 Å². The number of benzene rings is 1. The zero-order chi connectivity index (χ0) is 15.2. The number of aromatic nitrogens is 1. The van der Waals surface area contributed by atoms with Gasteiger partial charge in [0, 0.05) is 5.69 Å². The van der Waals surface area contributed by atoms with Crippen molar-refractivity contribution >= 4 is 17.6 Å². The minimum Gasteiger partial charge on any atom is -0.482 e. The van der Waals surface area contributed by atoms with Gasteiger partial charge in [-0.25, -0.2) is 9.78 Å². The molecular weight excluding hydrogens is 272 g/mol. The molecule has 0 radical (unpaired) electrons. The Bertz CT molecular complexity index is 636. The fourth-order valence-corrected chi connectivity index (χ4v) is 1.58. The van der Waals surface area contributed by atoms with Crippen LogP contribution in [0.25, 0.3) is 0 Å². The average Bonchev–Trinajstić information content (AvgIpc) is 2.48. The first kappa shape index (κ1) is 14.5. The number of hydrogen-bond acceptors (Lipinski definition) is 4. The second-order valence-electron chi connectivity index (χ2n) is 4.39. The van der Waals surface area contributed by atoms with E-state index in [-0.39, 0.29) is 18.2 Å². The molecular formula is C15H14N2O4. The number of carboxylic acids is 1. The number of rotatable bonds is 5. The highest BCUT2D eigenvalue weighted by molar-refractivity contribution is 5.91. The van der Waals surface area contributed by atoms with Crippen LogP contribution >= 0.6 is 0 Å². The van der Waals surface area contributed by atoms with Gasteiger partial charge in [0.1, 0.15) is 11.4 Å². The molecule has 0 bridgehead atoms. The Balaban J connectivity index is 1.86. The number of nitrogens with zero attached hydrogens (tertiary/aromatic N) is 1. The molecule has 108 valence electrons. The van der Waals surface area contributed by atoms with E-state index in [0.29, 0.717) is 11.4 Å². The van der Waals surface area contributed by atoms with Crippen LogP contribution in [0.4, 0.5) is 5.69 Å². The third kappa shape index (κ3) is 4.31. The van der Waals surface area contributed by atoms with Crippen molar-refractivity contribution in [3.05, 3.63) is 53.9 Å². The number of aryl methyl sites for hydroxylation is 1. The predicted octanol–water partition coefficient (Wildman–Crippen LogP) is 2.11. The Morgan fingerprint density at radius 3 is 2.48 bits per heavy atom. The molecule has 1 aromatic carbocycles. The summed E-state index contributed by atoms with van der Waals surface area (Å²) in [5.74, 6) is -1.08. The molecule has 2 aromatic rings. The zero-order valence-electron chi connectivity index (χ0n) is 11.4. The van der Waals surface area contributed by atoms with E-state index in [1.165, 1.54) is 18.3 Å². The summed E-state index contributed by atoms with van der Waals surface area (Å²) in [4.78, 5) is 26.0. The maximum Gasteiger partial charge on any atom is 0.354 e. The van der Waals surface area contributed by atoms with Crippen LogP contribution in [0.1, 0.15) is 16.1 Å². The van der Waals surface area contributed by atoms with Crippen LogP contribution in [0.15, 0.2) is 42.6 Å². The molecule has 0 saturated heterocycles. The van der Waals surface area contributed by atoms with E-state index in [9.17, 15) is 9.59 Å². The van der Waals surface area contributed by atoms with Gasteiger partial charge >= 0.3 is 5.97 Å². The molecule has 21 heavy (non-hydrogen) atoms. The van der Waals surface area contributed by atoms with Crippen LogP contribution in [0.2, 0.25) is 0 Å². The number of nitrogens with one attached hydrogen (secondary N) is 1. The summed E-state index contributed by atoms with van der Waals surface area (Å²) < 4.78 is 5.23. The minimum atomic E-state index is -1.11. The summed E-state index contributed by atoms with van der Waals surface area (Å²) in [6.07, 6.45) is 1.27. The highest BCUT2D eigenvalue weighted by Crippen LogP contribution is 2.11. The van der Waals surface area contributed by atoms with Crippen molar-refractivity contribution < 1.29 is 19.4 Å². The van der Waals surface area contributed by atoms with Gasteiger partial charge in [0.2, 0.25) is 0 Å². The number of carbonyl (C=O) groups excluding carboxylic acids is 1. The first-order valence-electron chi connectivity index (χ1n) is 6.23. The molecule has 6 heteroatoms. The molecule has 2 rings (SSSR count). The first-order chi connectivity index (χ1) is 10.0. The lowest BCUT2D eigenvalue weighted by Gasteiger charge is -2.07. The molecule has 1 aromatic heterocycles. The van der Waals surface area contributed by atoms with Crippen molar-refractivity contribution in [1.82, 2.24) is 4.98 Å². The number of carbonyl (C=O) groups is 2. The number of amides is 1. The SMILES string of the molecule is Cc1ccc(NC(=O)COc2ccc(C(=O)O)nc2)cc1. The molecule has 2 N–H and O–H groups in total. The highest BCUT2D eigenvalue weighted by atomic mass is 16.5. The van der Waals surface area contributed by atoms with Gasteiger partial charge in [-0.15, -0.1) is 0 Å². The van der Waals surface area contributed by atoms with Crippen molar-refractivity contribution in [2.45, 2.75) is 6.92 Å². The van der Waals surface area contributed by atoms with Crippen LogP contribution in [-0.2, 0) is 4.79 Å². The number of carboxylic acid groups (broad SMARTS) is 1. The van der Waals surface area contributed by atoms with E-state index in [0.717, 1.165) is 5.56 Å². The molecule has 0 aliphatic rings. The van der Waals surface area contributed by atoms with Gasteiger partial charge in [0.25, 0.3) is 5.91 Å². The second kappa shape index (κ2) is 6.51. The Labute approximate surface area is 121 Å². The lowest BCUT2D eigenvalue weighted by atomic mass is 10.2. The second-order valence-corrected chi connectivity index (χ2v) is 4.39. The van der Waals surface area contributed by atoms with Gasteiger partial charge in [0.05, 0.1) is 6.20 Å². The van der Waals surface area contributed by atoms with Gasteiger partial charge in [0.15, 0.2) is 6.61 Å². The van der Waals surface area contributed by atoms with Gasteiger partial charge in [-0.3, -0.25) is 4.79 Å². The third-order valence-corrected chi connectivity index (χ3v) is 2.66. The highest BCUT2D eigenvalue weighted by Gasteiger charge is 2.06. The largest absolute Gasteiger partial charge is 0.482 e. The summed E-state index contributed by atoms with van der Waals surface area (Å²) in [5.41, 5.74) is 1.72. The standard InChI is InChI=1S/C15H14N2O4/c1-10-2-4-11(5-3-10)17-14(18)9-21-12-6-7-13(15(19)20)16-8-12/h2-8H,9H2,1H3,(H,17,18)(H,19,20). The fourth-order valence-electron chi connectivity index (χ4n) is 1.58. The van der Waals surface area contributed by atoms with Crippen molar-refractivity contribution in [3.63, 3.8) is 0 Å². The Morgan fingerprint density at radius 2 is 1.90 bits per heavy atom. The average molecular weight is 286 g/mol. The third-order valence-electron chi connectivity index (χ3n) is 2.66. The van der Waals surface area contributed by atoms with Gasteiger partial charge in [-0.1, -0.05) is 17.7 Å². The van der Waals surface area contributed by atoms with Crippen LogP contribution in [-0.4, -0.2) is 28.6 Å². The van der Waals surface area contributed by atoms with Crippen LogP contribution in [0.5, 0.6) is 5.75 Å². The minimum absolute atomic E-state index is 0.0774. The van der Waals surface area contributed by atoms with E-state index in [1.54, 1.807) is 12.1 Å². The predicted molar refractivity (Wildman–Crippen MR) is 76.5 cm³/mol. The quantitative estimate of drug-likeness (QED) is 0.878. The summed E-state index contributed by atoms with van der Waals surface area (Å²) in [5, 5.41) is 11.4. The number of ether oxygens (including phenoxy) is 1. The Kier molecular flexibility index (Phi) is 4.50. The molecule has 0 saturated carbocycles. The summed E-state index contributed by atoms with van der Waals surface area (Å²) >= 11 is 0. The van der Waals surface area contributed by atoms with E-state index in [1.807, 2.05) is 19.1 Å². The molecule has 0 aliphatic heterocycles. The van der Waals surface area contributed by atoms with Crippen molar-refractivity contribution in [2.24, 2.45) is 0 Å². The molecule has 0 atom stereocenters. The summed E-state index contributed by atoms with van der Waals surface area (Å²) in [6, 6.07) is 10.2.